The molecule has 0 atom stereocenters. The Labute approximate surface area is 194 Å². The first kappa shape index (κ1) is 22.8. The molecule has 172 valence electrons. The van der Waals surface area contributed by atoms with Gasteiger partial charge in [-0.05, 0) is 53.1 Å². The number of halogens is 1. The molecule has 0 spiro atoms. The van der Waals surface area contributed by atoms with Crippen molar-refractivity contribution in [2.75, 3.05) is 36.8 Å². The fourth-order valence-corrected chi connectivity index (χ4v) is 4.01. The Morgan fingerprint density at radius 3 is 2.21 bits per heavy atom. The van der Waals surface area contributed by atoms with Gasteiger partial charge < -0.3 is 21.7 Å². The summed E-state index contributed by atoms with van der Waals surface area (Å²) in [7, 11) is 0. The van der Waals surface area contributed by atoms with Gasteiger partial charge >= 0.3 is 0 Å². The molecule has 0 radical (unpaired) electrons. The predicted octanol–water partition coefficient (Wildman–Crippen LogP) is 3.12. The number of nitrogens with two attached hydrogens (primary N) is 2. The molecule has 5 N–H and O–H groups in total. The van der Waals surface area contributed by atoms with E-state index in [1.54, 1.807) is 6.07 Å². The van der Waals surface area contributed by atoms with Crippen LogP contribution in [-0.2, 0) is 19.6 Å². The van der Waals surface area contributed by atoms with Crippen molar-refractivity contribution in [2.24, 2.45) is 5.73 Å². The van der Waals surface area contributed by atoms with Crippen molar-refractivity contribution >= 4 is 17.3 Å². The van der Waals surface area contributed by atoms with Gasteiger partial charge in [-0.2, -0.15) is 0 Å². The van der Waals surface area contributed by atoms with Gasteiger partial charge in [0.15, 0.2) is 0 Å². The molecular weight excluding hydrogens is 417 g/mol. The summed E-state index contributed by atoms with van der Waals surface area (Å²) in [4.78, 5) is 17.2. The van der Waals surface area contributed by atoms with Gasteiger partial charge in [-0.3, -0.25) is 9.69 Å². The lowest BCUT2D eigenvalue weighted by Gasteiger charge is -2.36. The van der Waals surface area contributed by atoms with Gasteiger partial charge in [0.1, 0.15) is 5.82 Å². The van der Waals surface area contributed by atoms with Crippen molar-refractivity contribution in [3.63, 3.8) is 0 Å². The van der Waals surface area contributed by atoms with Gasteiger partial charge in [0, 0.05) is 62.8 Å². The Hall–Kier alpha value is -3.42. The minimum atomic E-state index is -0.217. The molecule has 6 nitrogen and oxygen atoms in total. The van der Waals surface area contributed by atoms with Crippen LogP contribution in [0, 0.1) is 5.82 Å². The molecule has 1 aliphatic rings. The van der Waals surface area contributed by atoms with Crippen molar-refractivity contribution in [1.82, 2.24) is 10.2 Å². The number of piperazine rings is 1. The summed E-state index contributed by atoms with van der Waals surface area (Å²) in [6.45, 7) is 5.21. The first-order chi connectivity index (χ1) is 16.0. The Morgan fingerprint density at radius 2 is 1.58 bits per heavy atom. The molecule has 4 rings (SSSR count). The average Bonchev–Trinajstić information content (AvgIpc) is 2.85. The van der Waals surface area contributed by atoms with Crippen LogP contribution < -0.4 is 21.7 Å². The highest BCUT2D eigenvalue weighted by atomic mass is 19.1. The fraction of sp³-hybridized carbons (Fsp3) is 0.269. The monoisotopic (exact) mass is 447 g/mol. The standard InChI is InChI=1S/C26H30FN5O/c27-23-7-9-24(10-8-23)32-13-11-31(12-14-32)18-22-6-5-21(15-25(22)29)26(33)30-17-20-3-1-19(16-28)2-4-20/h1-10,15H,11-14,16-18,28-29H2,(H,30,33). The van der Waals surface area contributed by atoms with Gasteiger partial charge in [-0.15, -0.1) is 0 Å². The fourth-order valence-electron chi connectivity index (χ4n) is 4.01. The Balaban J connectivity index is 1.29. The second-order valence-corrected chi connectivity index (χ2v) is 8.36. The third kappa shape index (κ3) is 5.88. The maximum atomic E-state index is 13.2. The predicted molar refractivity (Wildman–Crippen MR) is 130 cm³/mol. The van der Waals surface area contributed by atoms with Crippen molar-refractivity contribution in [3.05, 3.63) is 94.8 Å². The summed E-state index contributed by atoms with van der Waals surface area (Å²) in [6, 6.07) is 20.0. The molecule has 1 fully saturated rings. The van der Waals surface area contributed by atoms with Gasteiger partial charge in [0.05, 0.1) is 0 Å². The number of nitrogen functional groups attached to an aromatic ring is 1. The van der Waals surface area contributed by atoms with Crippen molar-refractivity contribution in [1.29, 1.82) is 0 Å². The number of nitrogens with zero attached hydrogens (tertiary/aromatic N) is 2. The maximum absolute atomic E-state index is 13.2. The normalized spacial score (nSPS) is 14.3. The first-order valence-electron chi connectivity index (χ1n) is 11.2. The molecule has 0 unspecified atom stereocenters. The molecular formula is C26H30FN5O. The number of benzene rings is 3. The number of carbonyl (C=O) groups excluding carboxylic acids is 1. The third-order valence-corrected chi connectivity index (χ3v) is 6.08. The van der Waals surface area contributed by atoms with Gasteiger partial charge in [-0.1, -0.05) is 30.3 Å². The zero-order valence-corrected chi connectivity index (χ0v) is 18.6. The molecule has 0 aliphatic carbocycles. The lowest BCUT2D eigenvalue weighted by Crippen LogP contribution is -2.46. The van der Waals surface area contributed by atoms with E-state index >= 15 is 0 Å². The summed E-state index contributed by atoms with van der Waals surface area (Å²) in [5.41, 5.74) is 17.2. The van der Waals surface area contributed by atoms with Crippen LogP contribution in [0.3, 0.4) is 0 Å². The Morgan fingerprint density at radius 1 is 0.909 bits per heavy atom. The highest BCUT2D eigenvalue weighted by Crippen LogP contribution is 2.20. The second-order valence-electron chi connectivity index (χ2n) is 8.36. The average molecular weight is 448 g/mol. The van der Waals surface area contributed by atoms with Crippen LogP contribution in [0.1, 0.15) is 27.0 Å². The Kier molecular flexibility index (Phi) is 7.22. The summed E-state index contributed by atoms with van der Waals surface area (Å²) in [5, 5.41) is 2.94. The van der Waals surface area contributed by atoms with E-state index in [-0.39, 0.29) is 11.7 Å². The van der Waals surface area contributed by atoms with Crippen molar-refractivity contribution in [2.45, 2.75) is 19.6 Å². The van der Waals surface area contributed by atoms with Crippen LogP contribution in [0.25, 0.3) is 0 Å². The number of hydrogen-bond donors (Lipinski definition) is 3. The minimum Gasteiger partial charge on any atom is -0.398 e. The summed E-state index contributed by atoms with van der Waals surface area (Å²) < 4.78 is 13.2. The van der Waals surface area contributed by atoms with Crippen LogP contribution in [0.5, 0.6) is 0 Å². The lowest BCUT2D eigenvalue weighted by atomic mass is 10.1. The van der Waals surface area contributed by atoms with E-state index < -0.39 is 0 Å². The Bertz CT molecular complexity index is 1080. The van der Waals surface area contributed by atoms with Gasteiger partial charge in [0.25, 0.3) is 5.91 Å². The molecule has 0 saturated carbocycles. The largest absolute Gasteiger partial charge is 0.398 e. The number of amides is 1. The smallest absolute Gasteiger partial charge is 0.251 e. The lowest BCUT2D eigenvalue weighted by molar-refractivity contribution is 0.0951. The molecule has 33 heavy (non-hydrogen) atoms. The molecule has 3 aromatic rings. The van der Waals surface area contributed by atoms with Crippen LogP contribution in [0.4, 0.5) is 15.8 Å². The highest BCUT2D eigenvalue weighted by molar-refractivity contribution is 5.95. The topological polar surface area (TPSA) is 87.6 Å². The molecule has 7 heteroatoms. The number of nitrogens with one attached hydrogen (secondary N) is 1. The number of hydrogen-bond acceptors (Lipinski definition) is 5. The van der Waals surface area contributed by atoms with E-state index in [1.807, 2.05) is 48.5 Å². The SMILES string of the molecule is NCc1ccc(CNC(=O)c2ccc(CN3CCN(c4ccc(F)cc4)CC3)c(N)c2)cc1. The summed E-state index contributed by atoms with van der Waals surface area (Å²) in [6.07, 6.45) is 0. The van der Waals surface area contributed by atoms with Gasteiger partial charge in [-0.25, -0.2) is 4.39 Å². The number of anilines is 2. The minimum absolute atomic E-state index is 0.149. The molecule has 1 amide bonds. The van der Waals surface area contributed by atoms with E-state index in [2.05, 4.69) is 15.1 Å². The van der Waals surface area contributed by atoms with E-state index in [4.69, 9.17) is 11.5 Å². The van der Waals surface area contributed by atoms with Crippen LogP contribution in [-0.4, -0.2) is 37.0 Å². The van der Waals surface area contributed by atoms with Crippen LogP contribution in [0.2, 0.25) is 0 Å². The quantitative estimate of drug-likeness (QED) is 0.485. The molecule has 0 aromatic heterocycles. The van der Waals surface area contributed by atoms with E-state index in [1.165, 1.54) is 12.1 Å². The zero-order valence-electron chi connectivity index (χ0n) is 18.6. The number of rotatable bonds is 7. The molecule has 1 aliphatic heterocycles. The van der Waals surface area contributed by atoms with Gasteiger partial charge in [0.2, 0.25) is 0 Å². The summed E-state index contributed by atoms with van der Waals surface area (Å²) >= 11 is 0. The zero-order chi connectivity index (χ0) is 23.2. The first-order valence-corrected chi connectivity index (χ1v) is 11.2. The molecule has 0 bridgehead atoms. The third-order valence-electron chi connectivity index (χ3n) is 6.08. The van der Waals surface area contributed by atoms with Crippen LogP contribution in [0.15, 0.2) is 66.7 Å². The van der Waals surface area contributed by atoms with Crippen molar-refractivity contribution in [3.8, 4) is 0 Å². The maximum Gasteiger partial charge on any atom is 0.251 e. The van der Waals surface area contributed by atoms with E-state index in [0.29, 0.717) is 24.3 Å². The van der Waals surface area contributed by atoms with Crippen LogP contribution >= 0.6 is 0 Å². The highest BCUT2D eigenvalue weighted by Gasteiger charge is 2.18. The second kappa shape index (κ2) is 10.5. The molecule has 1 saturated heterocycles. The summed E-state index contributed by atoms with van der Waals surface area (Å²) in [5.74, 6) is -0.366. The van der Waals surface area contributed by atoms with E-state index in [9.17, 15) is 9.18 Å². The van der Waals surface area contributed by atoms with E-state index in [0.717, 1.165) is 55.1 Å². The molecule has 1 heterocycles. The van der Waals surface area contributed by atoms with Crippen molar-refractivity contribution < 1.29 is 9.18 Å². The number of carbonyl (C=O) groups is 1. The molecule has 3 aromatic carbocycles.